The van der Waals surface area contributed by atoms with Gasteiger partial charge in [0.15, 0.2) is 0 Å². The van der Waals surface area contributed by atoms with Crippen molar-refractivity contribution in [2.75, 3.05) is 25.5 Å². The molecule has 0 heterocycles. The summed E-state index contributed by atoms with van der Waals surface area (Å²) in [5.41, 5.74) is 2.45. The van der Waals surface area contributed by atoms with Crippen molar-refractivity contribution >= 4 is 30.4 Å². The summed E-state index contributed by atoms with van der Waals surface area (Å²) in [6, 6.07) is 16.9. The average Bonchev–Trinajstić information content (AvgIpc) is 2.82. The minimum absolute atomic E-state index is 0.0728. The number of benzene rings is 2. The number of hydrogen-bond acceptors (Lipinski definition) is 6. The van der Waals surface area contributed by atoms with Crippen LogP contribution in [0.4, 0.5) is 5.69 Å². The van der Waals surface area contributed by atoms with E-state index < -0.39 is 5.97 Å². The fraction of sp³-hybridized carbons (Fsp3) is 0.462. The lowest BCUT2D eigenvalue weighted by Crippen LogP contribution is -2.44. The lowest BCUT2D eigenvalue weighted by atomic mass is 9.98. The summed E-state index contributed by atoms with van der Waals surface area (Å²) in [7, 11) is 1.35. The van der Waals surface area contributed by atoms with E-state index in [0.29, 0.717) is 23.1 Å². The molecule has 33 heavy (non-hydrogen) atoms. The van der Waals surface area contributed by atoms with Crippen molar-refractivity contribution in [2.24, 2.45) is 11.8 Å². The average molecular weight is 472 g/mol. The van der Waals surface area contributed by atoms with Crippen LogP contribution in [-0.4, -0.2) is 38.1 Å². The molecule has 0 radical (unpaired) electrons. The molecule has 0 spiro atoms. The molecule has 180 valence electrons. The Morgan fingerprint density at radius 1 is 1.00 bits per heavy atom. The van der Waals surface area contributed by atoms with Gasteiger partial charge in [-0.15, -0.1) is 0 Å². The minimum atomic E-state index is -0.400. The van der Waals surface area contributed by atoms with E-state index in [2.05, 4.69) is 66.3 Å². The molecule has 0 aromatic heterocycles. The second-order valence-electron chi connectivity index (χ2n) is 8.75. The first-order valence-electron chi connectivity index (χ1n) is 11.6. The predicted octanol–water partition coefficient (Wildman–Crippen LogP) is 4.49. The van der Waals surface area contributed by atoms with Crippen LogP contribution >= 0.6 is 12.8 Å². The number of anilines is 1. The predicted molar refractivity (Wildman–Crippen MR) is 138 cm³/mol. The van der Waals surface area contributed by atoms with E-state index in [1.54, 1.807) is 24.3 Å². The summed E-state index contributed by atoms with van der Waals surface area (Å²) in [4.78, 5) is 24.6. The number of esters is 1. The maximum atomic E-state index is 13.0. The van der Waals surface area contributed by atoms with E-state index in [1.807, 2.05) is 6.07 Å². The van der Waals surface area contributed by atoms with Crippen molar-refractivity contribution in [3.05, 3.63) is 65.7 Å². The van der Waals surface area contributed by atoms with Gasteiger partial charge in [0.2, 0.25) is 5.91 Å². The highest BCUT2D eigenvalue weighted by atomic mass is 32.1. The van der Waals surface area contributed by atoms with Crippen LogP contribution in [0.2, 0.25) is 0 Å². The molecule has 1 amide bonds. The van der Waals surface area contributed by atoms with Crippen LogP contribution in [0.25, 0.3) is 0 Å². The third kappa shape index (κ3) is 9.98. The molecule has 0 saturated carbocycles. The molecule has 2 aromatic rings. The second-order valence-corrected chi connectivity index (χ2v) is 9.07. The normalized spacial score (nSPS) is 12.9. The Kier molecular flexibility index (Phi) is 12.0. The van der Waals surface area contributed by atoms with E-state index in [9.17, 15) is 9.59 Å². The first kappa shape index (κ1) is 26.9. The summed E-state index contributed by atoms with van der Waals surface area (Å²) >= 11 is 4.20. The van der Waals surface area contributed by atoms with Crippen LogP contribution in [-0.2, 0) is 16.0 Å². The Morgan fingerprint density at radius 3 is 2.30 bits per heavy atom. The third-order valence-electron chi connectivity index (χ3n) is 5.55. The van der Waals surface area contributed by atoms with E-state index >= 15 is 0 Å². The maximum absolute atomic E-state index is 13.0. The molecule has 2 aromatic carbocycles. The lowest BCUT2D eigenvalue weighted by Gasteiger charge is -2.24. The lowest BCUT2D eigenvalue weighted by molar-refractivity contribution is -0.118. The van der Waals surface area contributed by atoms with Crippen LogP contribution in [0.15, 0.2) is 54.6 Å². The number of aryl methyl sites for hydroxylation is 1. The molecule has 0 bridgehead atoms. The topological polar surface area (TPSA) is 79.5 Å². The largest absolute Gasteiger partial charge is 0.465 e. The van der Waals surface area contributed by atoms with E-state index in [-0.39, 0.29) is 11.9 Å². The summed E-state index contributed by atoms with van der Waals surface area (Å²) in [5.74, 6) is 0.266. The number of methoxy groups -OCH3 is 1. The molecule has 3 N–H and O–H groups in total. The SMILES string of the molecule is COC(=O)c1ccc(NC(=O)C(CC(C)C)NCC(CCCc2ccccc2)CNS)cc1. The summed E-state index contributed by atoms with van der Waals surface area (Å²) < 4.78 is 7.70. The van der Waals surface area contributed by atoms with E-state index in [1.165, 1.54) is 12.7 Å². The number of carbonyl (C=O) groups is 2. The highest BCUT2D eigenvalue weighted by Gasteiger charge is 2.21. The molecule has 0 aliphatic heterocycles. The molecule has 7 heteroatoms. The zero-order valence-corrected chi connectivity index (χ0v) is 20.7. The molecule has 2 atom stereocenters. The Labute approximate surface area is 203 Å². The number of carbonyl (C=O) groups excluding carboxylic acids is 2. The Balaban J connectivity index is 1.91. The van der Waals surface area contributed by atoms with Crippen LogP contribution in [0, 0.1) is 11.8 Å². The van der Waals surface area contributed by atoms with Gasteiger partial charge >= 0.3 is 5.97 Å². The van der Waals surface area contributed by atoms with Crippen molar-refractivity contribution < 1.29 is 14.3 Å². The molecule has 0 saturated heterocycles. The maximum Gasteiger partial charge on any atom is 0.337 e. The van der Waals surface area contributed by atoms with Gasteiger partial charge in [-0.2, -0.15) is 0 Å². The van der Waals surface area contributed by atoms with Gasteiger partial charge in [0.25, 0.3) is 0 Å². The first-order valence-corrected chi connectivity index (χ1v) is 12.0. The van der Waals surface area contributed by atoms with Gasteiger partial charge in [-0.25, -0.2) is 4.79 Å². The summed E-state index contributed by atoms with van der Waals surface area (Å²) in [5, 5.41) is 6.45. The van der Waals surface area contributed by atoms with E-state index in [0.717, 1.165) is 38.8 Å². The van der Waals surface area contributed by atoms with Crippen molar-refractivity contribution in [1.29, 1.82) is 0 Å². The van der Waals surface area contributed by atoms with Crippen LogP contribution < -0.4 is 15.4 Å². The Hall–Kier alpha value is -2.35. The standard InChI is InChI=1S/C26H37N3O3S/c1-19(2)16-24(25(30)29-23-14-12-22(13-15-23)26(31)32-3)27-17-21(18-28-33)11-7-10-20-8-5-4-6-9-20/h4-6,8-9,12-15,19,21,24,27-28,33H,7,10-11,16-18H2,1-3H3,(H,29,30). The molecule has 0 fully saturated rings. The molecule has 0 aliphatic rings. The number of ether oxygens (including phenoxy) is 1. The number of thiol groups is 1. The van der Waals surface area contributed by atoms with Gasteiger partial charge < -0.3 is 15.4 Å². The number of nitrogens with one attached hydrogen (secondary N) is 3. The van der Waals surface area contributed by atoms with Gasteiger partial charge in [-0.1, -0.05) is 57.0 Å². The van der Waals surface area contributed by atoms with Gasteiger partial charge in [-0.3, -0.25) is 9.52 Å². The third-order valence-corrected chi connectivity index (χ3v) is 5.73. The molecular weight excluding hydrogens is 434 g/mol. The van der Waals surface area contributed by atoms with Crippen LogP contribution in [0.3, 0.4) is 0 Å². The number of rotatable bonds is 14. The zero-order chi connectivity index (χ0) is 24.1. The van der Waals surface area contributed by atoms with Crippen LogP contribution in [0.1, 0.15) is 49.0 Å². The zero-order valence-electron chi connectivity index (χ0n) is 19.8. The van der Waals surface area contributed by atoms with E-state index in [4.69, 9.17) is 4.74 Å². The smallest absolute Gasteiger partial charge is 0.337 e. The van der Waals surface area contributed by atoms with Gasteiger partial charge in [0.05, 0.1) is 18.7 Å². The molecule has 2 rings (SSSR count). The highest BCUT2D eigenvalue weighted by molar-refractivity contribution is 7.78. The Bertz CT molecular complexity index is 844. The highest BCUT2D eigenvalue weighted by Crippen LogP contribution is 2.15. The molecule has 0 aliphatic carbocycles. The fourth-order valence-electron chi connectivity index (χ4n) is 3.75. The number of amides is 1. The van der Waals surface area contributed by atoms with Gasteiger partial charge in [0, 0.05) is 12.2 Å². The van der Waals surface area contributed by atoms with Crippen molar-refractivity contribution in [1.82, 2.24) is 10.0 Å². The van der Waals surface area contributed by atoms with Crippen molar-refractivity contribution in [3.63, 3.8) is 0 Å². The monoisotopic (exact) mass is 471 g/mol. The summed E-state index contributed by atoms with van der Waals surface area (Å²) in [6.07, 6.45) is 3.90. The molecule has 6 nitrogen and oxygen atoms in total. The minimum Gasteiger partial charge on any atom is -0.465 e. The quantitative estimate of drug-likeness (QED) is 0.241. The van der Waals surface area contributed by atoms with Crippen LogP contribution in [0.5, 0.6) is 0 Å². The fourth-order valence-corrected chi connectivity index (χ4v) is 4.00. The van der Waals surface area contributed by atoms with Crippen molar-refractivity contribution in [2.45, 2.75) is 45.6 Å². The van der Waals surface area contributed by atoms with Gasteiger partial charge in [0.1, 0.15) is 0 Å². The first-order chi connectivity index (χ1) is 15.9. The summed E-state index contributed by atoms with van der Waals surface area (Å²) in [6.45, 7) is 5.73. The number of hydrogen-bond donors (Lipinski definition) is 4. The van der Waals surface area contributed by atoms with Gasteiger partial charge in [-0.05, 0) is 73.9 Å². The van der Waals surface area contributed by atoms with Crippen molar-refractivity contribution in [3.8, 4) is 0 Å². The molecule has 2 unspecified atom stereocenters. The second kappa shape index (κ2) is 14.7. The molecular formula is C26H37N3O3S. The Morgan fingerprint density at radius 2 is 1.70 bits per heavy atom.